The Hall–Kier alpha value is -1.16. The van der Waals surface area contributed by atoms with Gasteiger partial charge in [0.25, 0.3) is 0 Å². The number of ketones is 1. The van der Waals surface area contributed by atoms with Gasteiger partial charge < -0.3 is 5.11 Å². The lowest BCUT2D eigenvalue weighted by Gasteiger charge is -2.33. The van der Waals surface area contributed by atoms with Crippen LogP contribution in [0.3, 0.4) is 0 Å². The smallest absolute Gasteiger partial charge is 0.212 e. The van der Waals surface area contributed by atoms with Gasteiger partial charge in [0.1, 0.15) is 11.3 Å². The summed E-state index contributed by atoms with van der Waals surface area (Å²) in [6.07, 6.45) is 4.60. The molecular formula is C13H20N2O2. The van der Waals surface area contributed by atoms with Crippen LogP contribution in [0.25, 0.3) is 0 Å². The van der Waals surface area contributed by atoms with Gasteiger partial charge in [0.15, 0.2) is 0 Å². The van der Waals surface area contributed by atoms with Crippen molar-refractivity contribution in [3.05, 3.63) is 18.0 Å². The molecule has 0 saturated heterocycles. The Balaban J connectivity index is 2.19. The van der Waals surface area contributed by atoms with Crippen LogP contribution < -0.4 is 0 Å². The third kappa shape index (κ3) is 2.27. The molecule has 0 aromatic carbocycles. The van der Waals surface area contributed by atoms with Crippen LogP contribution in [0.2, 0.25) is 0 Å². The Labute approximate surface area is 102 Å². The summed E-state index contributed by atoms with van der Waals surface area (Å²) in [4.78, 5) is 12.4. The van der Waals surface area contributed by atoms with E-state index in [-0.39, 0.29) is 5.78 Å². The number of Topliss-reactive ketones (excluding diaryl/α,β-unsaturated/α-hetero) is 1. The second-order valence-electron chi connectivity index (χ2n) is 5.08. The van der Waals surface area contributed by atoms with Gasteiger partial charge in [-0.1, -0.05) is 6.92 Å². The van der Waals surface area contributed by atoms with Crippen LogP contribution in [0, 0.1) is 5.92 Å². The molecule has 1 saturated carbocycles. The number of carbonyl (C=O) groups excluding carboxylic acids is 1. The fraction of sp³-hybridized carbons (Fsp3) is 0.692. The summed E-state index contributed by atoms with van der Waals surface area (Å²) in [6, 6.07) is 1.70. The minimum atomic E-state index is -1.17. The molecule has 4 heteroatoms. The molecule has 0 amide bonds. The first-order valence-electron chi connectivity index (χ1n) is 6.36. The Morgan fingerprint density at radius 2 is 2.24 bits per heavy atom. The van der Waals surface area contributed by atoms with E-state index < -0.39 is 5.60 Å². The number of carbonyl (C=O) groups is 1. The SMILES string of the molecule is CCn1nccc1C(=O)C1(O)CCC(C)CC1. The fourth-order valence-corrected chi connectivity index (χ4v) is 2.48. The van der Waals surface area contributed by atoms with Gasteiger partial charge in [0.2, 0.25) is 5.78 Å². The van der Waals surface area contributed by atoms with Gasteiger partial charge in [0.05, 0.1) is 0 Å². The van der Waals surface area contributed by atoms with E-state index in [1.807, 2.05) is 6.92 Å². The maximum Gasteiger partial charge on any atom is 0.212 e. The molecule has 1 aliphatic carbocycles. The molecule has 94 valence electrons. The zero-order valence-electron chi connectivity index (χ0n) is 10.5. The first kappa shape index (κ1) is 12.3. The van der Waals surface area contributed by atoms with Crippen molar-refractivity contribution in [1.82, 2.24) is 9.78 Å². The van der Waals surface area contributed by atoms with Crippen molar-refractivity contribution in [3.63, 3.8) is 0 Å². The van der Waals surface area contributed by atoms with Crippen LogP contribution in [0.15, 0.2) is 12.3 Å². The van der Waals surface area contributed by atoms with Crippen molar-refractivity contribution in [1.29, 1.82) is 0 Å². The largest absolute Gasteiger partial charge is 0.382 e. The lowest BCUT2D eigenvalue weighted by Crippen LogP contribution is -2.42. The van der Waals surface area contributed by atoms with Crippen LogP contribution in [0.5, 0.6) is 0 Å². The number of hydrogen-bond acceptors (Lipinski definition) is 3. The fourth-order valence-electron chi connectivity index (χ4n) is 2.48. The van der Waals surface area contributed by atoms with E-state index in [0.717, 1.165) is 12.8 Å². The number of hydrogen-bond donors (Lipinski definition) is 1. The first-order chi connectivity index (χ1) is 8.07. The molecule has 4 nitrogen and oxygen atoms in total. The summed E-state index contributed by atoms with van der Waals surface area (Å²) < 4.78 is 1.65. The predicted molar refractivity (Wildman–Crippen MR) is 64.8 cm³/mol. The summed E-state index contributed by atoms with van der Waals surface area (Å²) in [5.74, 6) is 0.447. The second-order valence-corrected chi connectivity index (χ2v) is 5.08. The Bertz CT molecular complexity index is 403. The molecular weight excluding hydrogens is 216 g/mol. The highest BCUT2D eigenvalue weighted by Gasteiger charge is 2.40. The molecule has 17 heavy (non-hydrogen) atoms. The Kier molecular flexibility index (Phi) is 3.33. The highest BCUT2D eigenvalue weighted by molar-refractivity contribution is 6.01. The van der Waals surface area contributed by atoms with Crippen molar-refractivity contribution in [2.75, 3.05) is 0 Å². The molecule has 1 aromatic rings. The van der Waals surface area contributed by atoms with Crippen molar-refractivity contribution in [2.24, 2.45) is 5.92 Å². The number of aliphatic hydroxyl groups is 1. The Morgan fingerprint density at radius 1 is 1.59 bits per heavy atom. The van der Waals surface area contributed by atoms with Crippen molar-refractivity contribution >= 4 is 5.78 Å². The second kappa shape index (κ2) is 4.61. The lowest BCUT2D eigenvalue weighted by atomic mass is 9.76. The maximum atomic E-state index is 12.4. The lowest BCUT2D eigenvalue weighted by molar-refractivity contribution is 0.00338. The first-order valence-corrected chi connectivity index (χ1v) is 6.36. The van der Waals surface area contributed by atoms with Crippen LogP contribution in [0.1, 0.15) is 50.0 Å². The molecule has 0 bridgehead atoms. The van der Waals surface area contributed by atoms with E-state index in [0.29, 0.717) is 31.0 Å². The molecule has 0 radical (unpaired) electrons. The third-order valence-corrected chi connectivity index (χ3v) is 3.77. The molecule has 1 aromatic heterocycles. The monoisotopic (exact) mass is 236 g/mol. The van der Waals surface area contributed by atoms with Crippen molar-refractivity contribution in [2.45, 2.75) is 51.7 Å². The predicted octanol–water partition coefficient (Wildman–Crippen LogP) is 2.03. The molecule has 2 rings (SSSR count). The summed E-state index contributed by atoms with van der Waals surface area (Å²) in [5.41, 5.74) is -0.635. The van der Waals surface area contributed by atoms with Gasteiger partial charge >= 0.3 is 0 Å². The standard InChI is InChI=1S/C13H20N2O2/c1-3-15-11(6-9-14-15)12(16)13(17)7-4-10(2)5-8-13/h6,9-10,17H,3-5,7-8H2,1-2H3. The average Bonchev–Trinajstić information content (AvgIpc) is 2.80. The van der Waals surface area contributed by atoms with Gasteiger partial charge in [0, 0.05) is 12.7 Å². The van der Waals surface area contributed by atoms with Crippen LogP contribution in [-0.4, -0.2) is 26.3 Å². The van der Waals surface area contributed by atoms with Gasteiger partial charge in [-0.2, -0.15) is 5.10 Å². The van der Waals surface area contributed by atoms with E-state index in [9.17, 15) is 9.90 Å². The van der Waals surface area contributed by atoms with Gasteiger partial charge in [-0.25, -0.2) is 0 Å². The molecule has 0 atom stereocenters. The topological polar surface area (TPSA) is 55.1 Å². The minimum Gasteiger partial charge on any atom is -0.382 e. The van der Waals surface area contributed by atoms with Gasteiger partial charge in [-0.3, -0.25) is 9.48 Å². The van der Waals surface area contributed by atoms with E-state index in [2.05, 4.69) is 12.0 Å². The number of rotatable bonds is 3. The molecule has 1 N–H and O–H groups in total. The van der Waals surface area contributed by atoms with Crippen molar-refractivity contribution in [3.8, 4) is 0 Å². The zero-order valence-corrected chi connectivity index (χ0v) is 10.5. The molecule has 1 aliphatic rings. The molecule has 0 aliphatic heterocycles. The van der Waals surface area contributed by atoms with E-state index in [1.165, 1.54) is 0 Å². The van der Waals surface area contributed by atoms with Crippen LogP contribution in [-0.2, 0) is 6.54 Å². The molecule has 1 fully saturated rings. The number of aryl methyl sites for hydroxylation is 1. The normalized spacial score (nSPS) is 29.2. The highest BCUT2D eigenvalue weighted by Crippen LogP contribution is 2.34. The van der Waals surface area contributed by atoms with Crippen LogP contribution in [0.4, 0.5) is 0 Å². The Morgan fingerprint density at radius 3 is 2.82 bits per heavy atom. The zero-order chi connectivity index (χ0) is 12.5. The summed E-state index contributed by atoms with van der Waals surface area (Å²) >= 11 is 0. The van der Waals surface area contributed by atoms with E-state index >= 15 is 0 Å². The number of nitrogens with zero attached hydrogens (tertiary/aromatic N) is 2. The number of aromatic nitrogens is 2. The van der Waals surface area contributed by atoms with E-state index in [1.54, 1.807) is 16.9 Å². The third-order valence-electron chi connectivity index (χ3n) is 3.77. The molecule has 0 spiro atoms. The summed E-state index contributed by atoms with van der Waals surface area (Å²) in [6.45, 7) is 4.76. The van der Waals surface area contributed by atoms with E-state index in [4.69, 9.17) is 0 Å². The molecule has 0 unspecified atom stereocenters. The molecule has 1 heterocycles. The summed E-state index contributed by atoms with van der Waals surface area (Å²) in [7, 11) is 0. The summed E-state index contributed by atoms with van der Waals surface area (Å²) in [5, 5.41) is 14.5. The maximum absolute atomic E-state index is 12.4. The highest BCUT2D eigenvalue weighted by atomic mass is 16.3. The average molecular weight is 236 g/mol. The van der Waals surface area contributed by atoms with Crippen LogP contribution >= 0.6 is 0 Å². The van der Waals surface area contributed by atoms with Gasteiger partial charge in [-0.15, -0.1) is 0 Å². The minimum absolute atomic E-state index is 0.163. The quantitative estimate of drug-likeness (QED) is 0.817. The van der Waals surface area contributed by atoms with Gasteiger partial charge in [-0.05, 0) is 44.6 Å². The van der Waals surface area contributed by atoms with Crippen molar-refractivity contribution < 1.29 is 9.90 Å².